The van der Waals surface area contributed by atoms with E-state index in [2.05, 4.69) is 0 Å². The summed E-state index contributed by atoms with van der Waals surface area (Å²) in [6.45, 7) is 4.13. The number of hydrogen-bond acceptors (Lipinski definition) is 6. The minimum atomic E-state index is -2.99. The molecular weight excluding hydrogens is 468 g/mol. The van der Waals surface area contributed by atoms with E-state index in [4.69, 9.17) is 0 Å². The van der Waals surface area contributed by atoms with Crippen LogP contribution in [0.3, 0.4) is 0 Å². The van der Waals surface area contributed by atoms with Gasteiger partial charge in [0.25, 0.3) is 0 Å². The van der Waals surface area contributed by atoms with Gasteiger partial charge in [-0.05, 0) is 75.5 Å². The second-order valence-electron chi connectivity index (χ2n) is 9.60. The molecule has 0 aromatic rings. The van der Waals surface area contributed by atoms with Crippen molar-refractivity contribution in [2.75, 3.05) is 20.0 Å². The molecule has 0 bridgehead atoms. The summed E-state index contributed by atoms with van der Waals surface area (Å²) in [6.07, 6.45) is 15.7. The van der Waals surface area contributed by atoms with Crippen LogP contribution in [0.4, 0.5) is 0 Å². The molecule has 3 rings (SSSR count). The van der Waals surface area contributed by atoms with E-state index in [1.807, 2.05) is 0 Å². The first-order valence-corrected chi connectivity index (χ1v) is 18.1. The van der Waals surface area contributed by atoms with Crippen molar-refractivity contribution in [3.05, 3.63) is 0 Å². The second-order valence-corrected chi connectivity index (χ2v) is 17.2. The van der Waals surface area contributed by atoms with E-state index in [-0.39, 0.29) is 34.3 Å². The van der Waals surface area contributed by atoms with E-state index in [0.29, 0.717) is 0 Å². The average Bonchev–Trinajstić information content (AvgIpc) is 2.69. The first-order valence-electron chi connectivity index (χ1n) is 11.7. The third kappa shape index (κ3) is 14.2. The van der Waals surface area contributed by atoms with Gasteiger partial charge in [0.05, 0.1) is 0 Å². The Morgan fingerprint density at radius 2 is 0.613 bits per heavy atom. The summed E-state index contributed by atoms with van der Waals surface area (Å²) in [4.78, 5) is 33.0. The van der Waals surface area contributed by atoms with E-state index in [1.165, 1.54) is 39.3 Å². The van der Waals surface area contributed by atoms with Crippen LogP contribution in [0.25, 0.3) is 0 Å². The van der Waals surface area contributed by atoms with Crippen molar-refractivity contribution in [3.8, 4) is 0 Å². The van der Waals surface area contributed by atoms with Crippen LogP contribution in [0.2, 0.25) is 0 Å². The maximum Gasteiger partial charge on any atom is 3.00 e. The number of rotatable bonds is 3. The van der Waals surface area contributed by atoms with Crippen LogP contribution in [0.1, 0.15) is 96.3 Å². The smallest absolute Gasteiger partial charge is 0.799 e. The molecule has 0 amide bonds. The molecule has 31 heavy (non-hydrogen) atoms. The zero-order valence-electron chi connectivity index (χ0n) is 19.7. The van der Waals surface area contributed by atoms with Gasteiger partial charge in [-0.15, -0.1) is 0 Å². The molecule has 3 aliphatic rings. The van der Waals surface area contributed by atoms with Gasteiger partial charge in [0.15, 0.2) is 0 Å². The molecule has 0 N–H and O–H groups in total. The third-order valence-corrected chi connectivity index (χ3v) is 12.2. The SMILES string of the molecule is CP(=O)([O-])C1CCCCC1.CP(=O)([O-])C1CCCCC1.CP(=O)([O-])C1CCCCC1.[Al+3]. The zero-order chi connectivity index (χ0) is 22.8. The molecule has 0 aromatic heterocycles. The molecule has 3 unspecified atom stereocenters. The van der Waals surface area contributed by atoms with Gasteiger partial charge in [-0.3, -0.25) is 0 Å². The Kier molecular flexibility index (Phi) is 15.7. The average molecular weight is 510 g/mol. The van der Waals surface area contributed by atoms with Crippen molar-refractivity contribution >= 4 is 39.5 Å². The normalized spacial score (nSPS) is 26.9. The van der Waals surface area contributed by atoms with E-state index < -0.39 is 22.1 Å². The maximum atomic E-state index is 11.0. The van der Waals surface area contributed by atoms with Gasteiger partial charge in [0.1, 0.15) is 0 Å². The summed E-state index contributed by atoms with van der Waals surface area (Å²) in [7, 11) is -8.97. The van der Waals surface area contributed by atoms with Crippen molar-refractivity contribution in [1.82, 2.24) is 0 Å². The van der Waals surface area contributed by atoms with E-state index in [9.17, 15) is 28.4 Å². The fraction of sp³-hybridized carbons (Fsp3) is 1.00. The minimum Gasteiger partial charge on any atom is -0.799 e. The third-order valence-electron chi connectivity index (χ3n) is 6.71. The summed E-state index contributed by atoms with van der Waals surface area (Å²) in [5, 5.41) is 0. The summed E-state index contributed by atoms with van der Waals surface area (Å²) in [5.74, 6) is 0. The maximum absolute atomic E-state index is 11.0. The zero-order valence-corrected chi connectivity index (χ0v) is 23.5. The molecule has 6 nitrogen and oxygen atoms in total. The fourth-order valence-electron chi connectivity index (χ4n) is 4.65. The minimum absolute atomic E-state index is 0. The molecule has 0 heterocycles. The van der Waals surface area contributed by atoms with Crippen molar-refractivity contribution in [3.63, 3.8) is 0 Å². The molecule has 0 spiro atoms. The Labute approximate surface area is 200 Å². The molecule has 0 radical (unpaired) electrons. The van der Waals surface area contributed by atoms with Gasteiger partial charge in [0.2, 0.25) is 0 Å². The Balaban J connectivity index is 0.000000429. The van der Waals surface area contributed by atoms with E-state index in [1.54, 1.807) is 0 Å². The first kappa shape index (κ1) is 32.1. The molecule has 0 aromatic carbocycles. The van der Waals surface area contributed by atoms with Gasteiger partial charge in [-0.2, -0.15) is 0 Å². The molecule has 10 heteroatoms. The standard InChI is InChI=1S/3C7H15O2P.Al/c3*1-10(8,9)7-5-3-2-4-6-7;/h3*7H,2-6H2,1H3,(H,8,9);/q;;;+3/p-3. The summed E-state index contributed by atoms with van der Waals surface area (Å²) in [5.41, 5.74) is 0.00347. The van der Waals surface area contributed by atoms with Crippen LogP contribution in [0.5, 0.6) is 0 Å². The van der Waals surface area contributed by atoms with Crippen molar-refractivity contribution in [2.45, 2.75) is 113 Å². The van der Waals surface area contributed by atoms with Crippen LogP contribution in [0, 0.1) is 0 Å². The second kappa shape index (κ2) is 15.2. The summed E-state index contributed by atoms with van der Waals surface area (Å²) in [6, 6.07) is 0. The van der Waals surface area contributed by atoms with Gasteiger partial charge in [-0.25, -0.2) is 0 Å². The van der Waals surface area contributed by atoms with Crippen LogP contribution in [-0.2, 0) is 13.7 Å². The van der Waals surface area contributed by atoms with E-state index >= 15 is 0 Å². The molecule has 3 saturated carbocycles. The topological polar surface area (TPSA) is 120 Å². The van der Waals surface area contributed by atoms with E-state index in [0.717, 1.165) is 77.0 Å². The van der Waals surface area contributed by atoms with Gasteiger partial charge in [0, 0.05) is 22.1 Å². The Morgan fingerprint density at radius 3 is 0.710 bits per heavy atom. The Hall–Kier alpha value is 1.10. The Bertz CT molecular complexity index is 523. The molecule has 3 aliphatic carbocycles. The number of hydrogen-bond donors (Lipinski definition) is 0. The van der Waals surface area contributed by atoms with Crippen LogP contribution in [-0.4, -0.2) is 54.3 Å². The molecule has 0 aliphatic heterocycles. The monoisotopic (exact) mass is 510 g/mol. The van der Waals surface area contributed by atoms with Gasteiger partial charge < -0.3 is 28.4 Å². The van der Waals surface area contributed by atoms with Gasteiger partial charge >= 0.3 is 17.4 Å². The Morgan fingerprint density at radius 1 is 0.452 bits per heavy atom. The predicted molar refractivity (Wildman–Crippen MR) is 127 cm³/mol. The molecular formula is C21H42AlO6P3. The first-order chi connectivity index (χ1) is 13.8. The van der Waals surface area contributed by atoms with Crippen LogP contribution < -0.4 is 14.7 Å². The fourth-order valence-corrected chi connectivity index (χ4v) is 8.56. The quantitative estimate of drug-likeness (QED) is 0.410. The van der Waals surface area contributed by atoms with Crippen LogP contribution >= 0.6 is 22.1 Å². The van der Waals surface area contributed by atoms with Crippen molar-refractivity contribution < 1.29 is 28.4 Å². The molecule has 180 valence electrons. The molecule has 0 saturated heterocycles. The summed E-state index contributed by atoms with van der Waals surface area (Å²) < 4.78 is 33.0. The molecule has 3 fully saturated rings. The van der Waals surface area contributed by atoms with Gasteiger partial charge in [-0.1, -0.05) is 57.8 Å². The van der Waals surface area contributed by atoms with Crippen molar-refractivity contribution in [2.24, 2.45) is 0 Å². The predicted octanol–water partition coefficient (Wildman–Crippen LogP) is 4.38. The van der Waals surface area contributed by atoms with Crippen molar-refractivity contribution in [1.29, 1.82) is 0 Å². The summed E-state index contributed by atoms with van der Waals surface area (Å²) >= 11 is 0. The van der Waals surface area contributed by atoms with Crippen LogP contribution in [0.15, 0.2) is 0 Å². The largest absolute Gasteiger partial charge is 3.00 e. The molecule has 3 atom stereocenters.